The van der Waals surface area contributed by atoms with Crippen LogP contribution in [0.3, 0.4) is 0 Å². The van der Waals surface area contributed by atoms with E-state index in [4.69, 9.17) is 11.6 Å². The Morgan fingerprint density at radius 1 is 1.32 bits per heavy atom. The first kappa shape index (κ1) is 15.5. The molecule has 0 aromatic heterocycles. The number of halogens is 1. The van der Waals surface area contributed by atoms with Gasteiger partial charge in [-0.05, 0) is 37.5 Å². The summed E-state index contributed by atoms with van der Waals surface area (Å²) < 4.78 is 0. The maximum Gasteiger partial charge on any atom is 0.329 e. The van der Waals surface area contributed by atoms with E-state index >= 15 is 0 Å². The van der Waals surface area contributed by atoms with Crippen LogP contribution < -0.4 is 5.32 Å². The lowest BCUT2D eigenvalue weighted by Crippen LogP contribution is -2.53. The highest BCUT2D eigenvalue weighted by Crippen LogP contribution is 2.19. The van der Waals surface area contributed by atoms with Gasteiger partial charge in [-0.25, -0.2) is 4.79 Å². The summed E-state index contributed by atoms with van der Waals surface area (Å²) in [5, 5.41) is 12.4. The number of aryl methyl sites for hydroxylation is 1. The van der Waals surface area contributed by atoms with E-state index in [1.54, 1.807) is 32.0 Å². The molecule has 0 saturated carbocycles. The Hall–Kier alpha value is -1.55. The summed E-state index contributed by atoms with van der Waals surface area (Å²) in [5.74, 6) is -1.45. The molecule has 0 radical (unpaired) electrons. The standard InChI is InChI=1S/C14H18ClNO3/c1-4-14(5-2,13(18)19)16-12(17)10-7-6-9(3)11(15)8-10/h6-8H,4-5H2,1-3H3,(H,16,17)(H,18,19). The summed E-state index contributed by atoms with van der Waals surface area (Å²) in [6.07, 6.45) is 0.647. The molecular weight excluding hydrogens is 266 g/mol. The molecule has 0 spiro atoms. The quantitative estimate of drug-likeness (QED) is 0.873. The van der Waals surface area contributed by atoms with Gasteiger partial charge in [0.05, 0.1) is 0 Å². The summed E-state index contributed by atoms with van der Waals surface area (Å²) in [6, 6.07) is 4.91. The average molecular weight is 284 g/mol. The van der Waals surface area contributed by atoms with E-state index in [0.29, 0.717) is 23.4 Å². The summed E-state index contributed by atoms with van der Waals surface area (Å²) in [7, 11) is 0. The molecule has 1 aromatic rings. The lowest BCUT2D eigenvalue weighted by Gasteiger charge is -2.28. The SMILES string of the molecule is CCC(CC)(NC(=O)c1ccc(C)c(Cl)c1)C(=O)O. The van der Waals surface area contributed by atoms with Gasteiger partial charge >= 0.3 is 5.97 Å². The Balaban J connectivity index is 3.00. The monoisotopic (exact) mass is 283 g/mol. The number of carbonyl (C=O) groups excluding carboxylic acids is 1. The van der Waals surface area contributed by atoms with Crippen LogP contribution in [0.5, 0.6) is 0 Å². The highest BCUT2D eigenvalue weighted by atomic mass is 35.5. The molecule has 104 valence electrons. The van der Waals surface area contributed by atoms with Crippen LogP contribution in [0, 0.1) is 6.92 Å². The number of nitrogens with one attached hydrogen (secondary N) is 1. The number of amides is 1. The first-order valence-corrected chi connectivity index (χ1v) is 6.56. The first-order valence-electron chi connectivity index (χ1n) is 6.18. The van der Waals surface area contributed by atoms with Gasteiger partial charge in [0.25, 0.3) is 5.91 Å². The summed E-state index contributed by atoms with van der Waals surface area (Å²) >= 11 is 5.96. The van der Waals surface area contributed by atoms with Gasteiger partial charge in [0.1, 0.15) is 5.54 Å². The molecule has 0 fully saturated rings. The fraction of sp³-hybridized carbons (Fsp3) is 0.429. The van der Waals surface area contributed by atoms with E-state index in [1.807, 2.05) is 6.92 Å². The third-order valence-electron chi connectivity index (χ3n) is 3.40. The fourth-order valence-corrected chi connectivity index (χ4v) is 1.99. The average Bonchev–Trinajstić information content (AvgIpc) is 2.38. The molecule has 19 heavy (non-hydrogen) atoms. The van der Waals surface area contributed by atoms with Crippen molar-refractivity contribution in [3.05, 3.63) is 34.3 Å². The lowest BCUT2D eigenvalue weighted by molar-refractivity contribution is -0.144. The van der Waals surface area contributed by atoms with Crippen LogP contribution in [-0.2, 0) is 4.79 Å². The summed E-state index contributed by atoms with van der Waals surface area (Å²) in [6.45, 7) is 5.31. The van der Waals surface area contributed by atoms with Gasteiger partial charge in [0, 0.05) is 10.6 Å². The van der Waals surface area contributed by atoms with E-state index in [9.17, 15) is 14.7 Å². The molecule has 2 N–H and O–H groups in total. The zero-order valence-corrected chi connectivity index (χ0v) is 12.0. The molecule has 0 unspecified atom stereocenters. The van der Waals surface area contributed by atoms with Crippen LogP contribution in [0.15, 0.2) is 18.2 Å². The number of rotatable bonds is 5. The van der Waals surface area contributed by atoms with Gasteiger partial charge in [-0.1, -0.05) is 31.5 Å². The Kier molecular flexibility index (Phi) is 4.95. The van der Waals surface area contributed by atoms with Crippen molar-refractivity contribution in [2.24, 2.45) is 0 Å². The third-order valence-corrected chi connectivity index (χ3v) is 3.81. The molecule has 0 saturated heterocycles. The number of carbonyl (C=O) groups is 2. The number of carboxylic acid groups (broad SMARTS) is 1. The van der Waals surface area contributed by atoms with Crippen LogP contribution in [0.1, 0.15) is 42.6 Å². The minimum atomic E-state index is -1.23. The van der Waals surface area contributed by atoms with Crippen LogP contribution >= 0.6 is 11.6 Å². The van der Waals surface area contributed by atoms with Crippen molar-refractivity contribution in [2.75, 3.05) is 0 Å². The second-order valence-corrected chi connectivity index (χ2v) is 4.92. The lowest BCUT2D eigenvalue weighted by atomic mass is 9.92. The first-order chi connectivity index (χ1) is 8.86. The minimum Gasteiger partial charge on any atom is -0.480 e. The van der Waals surface area contributed by atoms with E-state index in [2.05, 4.69) is 5.32 Å². The number of aliphatic carboxylic acids is 1. The predicted molar refractivity (Wildman–Crippen MR) is 74.6 cm³/mol. The van der Waals surface area contributed by atoms with Crippen LogP contribution in [0.4, 0.5) is 0 Å². The van der Waals surface area contributed by atoms with Gasteiger partial charge in [-0.2, -0.15) is 0 Å². The Morgan fingerprint density at radius 3 is 2.32 bits per heavy atom. The minimum absolute atomic E-state index is 0.324. The van der Waals surface area contributed by atoms with E-state index in [-0.39, 0.29) is 0 Å². The molecule has 0 heterocycles. The summed E-state index contributed by atoms with van der Waals surface area (Å²) in [4.78, 5) is 23.4. The second kappa shape index (κ2) is 6.06. The number of carboxylic acids is 1. The molecule has 5 heteroatoms. The smallest absolute Gasteiger partial charge is 0.329 e. The van der Waals surface area contributed by atoms with Gasteiger partial charge in [-0.3, -0.25) is 4.79 Å². The zero-order chi connectivity index (χ0) is 14.6. The van der Waals surface area contributed by atoms with E-state index < -0.39 is 17.4 Å². The van der Waals surface area contributed by atoms with E-state index in [0.717, 1.165) is 5.56 Å². The van der Waals surface area contributed by atoms with Crippen molar-refractivity contribution in [3.63, 3.8) is 0 Å². The second-order valence-electron chi connectivity index (χ2n) is 4.51. The third kappa shape index (κ3) is 3.26. The van der Waals surface area contributed by atoms with Crippen molar-refractivity contribution in [1.82, 2.24) is 5.32 Å². The molecule has 1 rings (SSSR count). The van der Waals surface area contributed by atoms with Gasteiger partial charge in [0.15, 0.2) is 0 Å². The van der Waals surface area contributed by atoms with Crippen molar-refractivity contribution < 1.29 is 14.7 Å². The van der Waals surface area contributed by atoms with Crippen LogP contribution in [0.25, 0.3) is 0 Å². The number of hydrogen-bond donors (Lipinski definition) is 2. The fourth-order valence-electron chi connectivity index (χ4n) is 1.81. The van der Waals surface area contributed by atoms with Crippen molar-refractivity contribution in [3.8, 4) is 0 Å². The molecule has 0 aliphatic carbocycles. The highest BCUT2D eigenvalue weighted by Gasteiger charge is 2.36. The number of benzene rings is 1. The van der Waals surface area contributed by atoms with Gasteiger partial charge in [-0.15, -0.1) is 0 Å². The molecule has 0 bridgehead atoms. The van der Waals surface area contributed by atoms with Crippen molar-refractivity contribution in [1.29, 1.82) is 0 Å². The van der Waals surface area contributed by atoms with Gasteiger partial charge in [0.2, 0.25) is 0 Å². The van der Waals surface area contributed by atoms with Crippen LogP contribution in [0.2, 0.25) is 5.02 Å². The maximum absolute atomic E-state index is 12.1. The van der Waals surface area contributed by atoms with E-state index in [1.165, 1.54) is 0 Å². The molecular formula is C14H18ClNO3. The molecule has 4 nitrogen and oxygen atoms in total. The zero-order valence-electron chi connectivity index (χ0n) is 11.3. The molecule has 1 aromatic carbocycles. The topological polar surface area (TPSA) is 66.4 Å². The molecule has 0 aliphatic heterocycles. The number of hydrogen-bond acceptors (Lipinski definition) is 2. The Bertz CT molecular complexity index is 495. The normalized spacial score (nSPS) is 11.2. The van der Waals surface area contributed by atoms with Gasteiger partial charge < -0.3 is 10.4 Å². The Labute approximate surface area is 117 Å². The molecule has 1 amide bonds. The predicted octanol–water partition coefficient (Wildman–Crippen LogP) is 3.02. The summed E-state index contributed by atoms with van der Waals surface area (Å²) in [5.41, 5.74) is 0.00544. The Morgan fingerprint density at radius 2 is 1.89 bits per heavy atom. The highest BCUT2D eigenvalue weighted by molar-refractivity contribution is 6.31. The molecule has 0 aliphatic rings. The van der Waals surface area contributed by atoms with Crippen LogP contribution in [-0.4, -0.2) is 22.5 Å². The maximum atomic E-state index is 12.1. The van der Waals surface area contributed by atoms with Crippen molar-refractivity contribution >= 4 is 23.5 Å². The van der Waals surface area contributed by atoms with Crippen molar-refractivity contribution in [2.45, 2.75) is 39.2 Å². The molecule has 0 atom stereocenters. The largest absolute Gasteiger partial charge is 0.480 e.